The highest BCUT2D eigenvalue weighted by Gasteiger charge is 2.46. The van der Waals surface area contributed by atoms with Gasteiger partial charge in [-0.3, -0.25) is 0 Å². The van der Waals surface area contributed by atoms with Crippen LogP contribution in [0.25, 0.3) is 0 Å². The Hall–Kier alpha value is -4.03. The van der Waals surface area contributed by atoms with E-state index in [1.807, 2.05) is 84.9 Å². The van der Waals surface area contributed by atoms with Crippen molar-refractivity contribution < 1.29 is 14.3 Å². The summed E-state index contributed by atoms with van der Waals surface area (Å²) in [5, 5.41) is -0.0580. The average Bonchev–Trinajstić information content (AvgIpc) is 3.41. The average molecular weight is 523 g/mol. The highest BCUT2D eigenvalue weighted by molar-refractivity contribution is 8.01. The van der Waals surface area contributed by atoms with Gasteiger partial charge in [0.25, 0.3) is 0 Å². The third-order valence-electron chi connectivity index (χ3n) is 6.93. The zero-order chi connectivity index (χ0) is 26.4. The lowest BCUT2D eigenvalue weighted by molar-refractivity contribution is -0.149. The van der Waals surface area contributed by atoms with Gasteiger partial charge in [0.05, 0.1) is 4.75 Å². The van der Waals surface area contributed by atoms with Gasteiger partial charge < -0.3 is 15.4 Å². The number of likely N-dealkylation sites (tertiary alicyclic amines) is 1. The van der Waals surface area contributed by atoms with E-state index in [9.17, 15) is 9.59 Å². The molecule has 1 aliphatic rings. The van der Waals surface area contributed by atoms with E-state index in [0.717, 1.165) is 22.3 Å². The van der Waals surface area contributed by atoms with Crippen LogP contribution >= 0.6 is 11.8 Å². The van der Waals surface area contributed by atoms with E-state index in [-0.39, 0.29) is 11.9 Å². The first kappa shape index (κ1) is 25.6. The molecule has 0 unspecified atom stereocenters. The fourth-order valence-electron chi connectivity index (χ4n) is 5.15. The summed E-state index contributed by atoms with van der Waals surface area (Å²) < 4.78 is 5.07. The number of esters is 1. The van der Waals surface area contributed by atoms with Gasteiger partial charge in [0.2, 0.25) is 0 Å². The van der Waals surface area contributed by atoms with Crippen molar-refractivity contribution in [1.82, 2.24) is 4.90 Å². The smallest absolute Gasteiger partial charge is 0.329 e. The van der Waals surface area contributed by atoms with Crippen molar-refractivity contribution in [2.75, 3.05) is 6.54 Å². The van der Waals surface area contributed by atoms with Crippen molar-refractivity contribution in [3.8, 4) is 0 Å². The monoisotopic (exact) mass is 522 g/mol. The molecule has 0 spiro atoms. The molecule has 5 nitrogen and oxygen atoms in total. The van der Waals surface area contributed by atoms with Crippen molar-refractivity contribution in [2.24, 2.45) is 5.73 Å². The highest BCUT2D eigenvalue weighted by Crippen LogP contribution is 2.52. The number of hydrogen-bond donors (Lipinski definition) is 1. The molecular formula is C32H30N2O3S. The normalized spacial score (nSPS) is 17.2. The lowest BCUT2D eigenvalue weighted by atomic mass is 9.84. The number of nitrogens with two attached hydrogens (primary N) is 1. The van der Waals surface area contributed by atoms with Crippen LogP contribution in [0.15, 0.2) is 121 Å². The number of amides is 2. The van der Waals surface area contributed by atoms with Crippen LogP contribution < -0.4 is 5.73 Å². The van der Waals surface area contributed by atoms with Gasteiger partial charge in [-0.2, -0.15) is 0 Å². The number of thioether (sulfide) groups is 1. The number of ether oxygens (including phenoxy) is 1. The maximum Gasteiger partial charge on any atom is 0.329 e. The fraction of sp³-hybridized carbons (Fsp3) is 0.188. The van der Waals surface area contributed by atoms with E-state index in [0.29, 0.717) is 13.0 Å². The summed E-state index contributed by atoms with van der Waals surface area (Å²) in [6.07, 6.45) is 0.454. The largest absolute Gasteiger partial charge is 0.459 e. The van der Waals surface area contributed by atoms with Crippen molar-refractivity contribution in [2.45, 2.75) is 29.1 Å². The lowest BCUT2D eigenvalue weighted by Crippen LogP contribution is -2.44. The molecule has 2 atom stereocenters. The third-order valence-corrected chi connectivity index (χ3v) is 8.66. The molecule has 1 saturated heterocycles. The van der Waals surface area contributed by atoms with Crippen LogP contribution in [0.2, 0.25) is 0 Å². The van der Waals surface area contributed by atoms with Crippen LogP contribution in [-0.4, -0.2) is 34.7 Å². The molecule has 0 radical (unpaired) electrons. The Kier molecular flexibility index (Phi) is 7.80. The summed E-state index contributed by atoms with van der Waals surface area (Å²) in [6, 6.07) is 39.3. The molecule has 2 N–H and O–H groups in total. The number of carbonyl (C=O) groups is 2. The third kappa shape index (κ3) is 5.31. The Morgan fingerprint density at radius 2 is 1.21 bits per heavy atom. The van der Waals surface area contributed by atoms with Crippen LogP contribution in [0, 0.1) is 0 Å². The number of primary amides is 1. The van der Waals surface area contributed by atoms with E-state index in [1.165, 1.54) is 4.90 Å². The number of rotatable bonds is 8. The lowest BCUT2D eigenvalue weighted by Gasteiger charge is -2.37. The molecule has 6 heteroatoms. The van der Waals surface area contributed by atoms with Crippen molar-refractivity contribution in [3.05, 3.63) is 144 Å². The summed E-state index contributed by atoms with van der Waals surface area (Å²) in [5.74, 6) is -0.430. The second-order valence-corrected chi connectivity index (χ2v) is 10.9. The molecule has 0 saturated carbocycles. The quantitative estimate of drug-likeness (QED) is 0.228. The molecule has 0 bridgehead atoms. The fourth-order valence-corrected chi connectivity index (χ4v) is 6.98. The molecule has 4 aromatic carbocycles. The summed E-state index contributed by atoms with van der Waals surface area (Å²) >= 11 is 1.76. The van der Waals surface area contributed by atoms with Crippen LogP contribution in [0.1, 0.15) is 28.7 Å². The van der Waals surface area contributed by atoms with Gasteiger partial charge in [-0.15, -0.1) is 11.8 Å². The molecule has 1 fully saturated rings. The zero-order valence-corrected chi connectivity index (χ0v) is 21.8. The Morgan fingerprint density at radius 1 is 0.763 bits per heavy atom. The van der Waals surface area contributed by atoms with Crippen LogP contribution in [0.5, 0.6) is 0 Å². The van der Waals surface area contributed by atoms with Gasteiger partial charge in [0.1, 0.15) is 12.6 Å². The molecular weight excluding hydrogens is 492 g/mol. The number of nitrogens with zero attached hydrogens (tertiary/aromatic N) is 1. The summed E-state index contributed by atoms with van der Waals surface area (Å²) in [5.41, 5.74) is 10.0. The minimum Gasteiger partial charge on any atom is -0.459 e. The van der Waals surface area contributed by atoms with Crippen molar-refractivity contribution in [1.29, 1.82) is 0 Å². The standard InChI is InChI=1S/C32H30N2O3S/c33-31(36)34-22-28(21-29(34)30(35)37-23-24-13-5-1-6-14-24)38-32(25-15-7-2-8-16-25,26-17-9-3-10-18-26)27-19-11-4-12-20-27/h1-20,28-29H,21-23H2,(H2,33,36)/t28-,29+/m1/s1. The number of urea groups is 1. The van der Waals surface area contributed by atoms with E-state index >= 15 is 0 Å². The second kappa shape index (κ2) is 11.6. The van der Waals surface area contributed by atoms with Gasteiger partial charge in [-0.25, -0.2) is 9.59 Å². The predicted octanol–water partition coefficient (Wildman–Crippen LogP) is 5.98. The van der Waals surface area contributed by atoms with Gasteiger partial charge in [0.15, 0.2) is 0 Å². The molecule has 1 heterocycles. The van der Waals surface area contributed by atoms with Crippen LogP contribution in [-0.2, 0) is 20.9 Å². The van der Waals surface area contributed by atoms with Gasteiger partial charge >= 0.3 is 12.0 Å². The summed E-state index contributed by atoms with van der Waals surface area (Å²) in [4.78, 5) is 27.1. The Balaban J connectivity index is 1.48. The predicted molar refractivity (Wildman–Crippen MR) is 152 cm³/mol. The van der Waals surface area contributed by atoms with Crippen molar-refractivity contribution >= 4 is 23.8 Å². The Labute approximate surface area is 227 Å². The SMILES string of the molecule is NC(=O)N1C[C@H](SC(c2ccccc2)(c2ccccc2)c2ccccc2)C[C@H]1C(=O)OCc1ccccc1. The first-order chi connectivity index (χ1) is 18.6. The van der Waals surface area contributed by atoms with Gasteiger partial charge in [-0.05, 0) is 28.7 Å². The van der Waals surface area contributed by atoms with Crippen molar-refractivity contribution in [3.63, 3.8) is 0 Å². The maximum absolute atomic E-state index is 13.2. The molecule has 0 aliphatic carbocycles. The Morgan fingerprint density at radius 3 is 1.66 bits per heavy atom. The summed E-state index contributed by atoms with van der Waals surface area (Å²) in [7, 11) is 0. The van der Waals surface area contributed by atoms with E-state index in [1.54, 1.807) is 11.8 Å². The second-order valence-electron chi connectivity index (χ2n) is 9.35. The van der Waals surface area contributed by atoms with Gasteiger partial charge in [-0.1, -0.05) is 121 Å². The Bertz CT molecular complexity index is 1250. The molecule has 192 valence electrons. The van der Waals surface area contributed by atoms with Crippen LogP contribution in [0.3, 0.4) is 0 Å². The summed E-state index contributed by atoms with van der Waals surface area (Å²) in [6.45, 7) is 0.516. The first-order valence-corrected chi connectivity index (χ1v) is 13.6. The molecule has 1 aliphatic heterocycles. The number of carbonyl (C=O) groups excluding carboxylic acids is 2. The van der Waals surface area contributed by atoms with E-state index in [4.69, 9.17) is 10.5 Å². The van der Waals surface area contributed by atoms with E-state index < -0.39 is 22.8 Å². The molecule has 5 rings (SSSR count). The van der Waals surface area contributed by atoms with Gasteiger partial charge in [0, 0.05) is 11.8 Å². The minimum atomic E-state index is -0.728. The highest BCUT2D eigenvalue weighted by atomic mass is 32.2. The maximum atomic E-state index is 13.2. The number of benzene rings is 4. The minimum absolute atomic E-state index is 0.0580. The molecule has 0 aromatic heterocycles. The topological polar surface area (TPSA) is 72.6 Å². The molecule has 2 amide bonds. The number of hydrogen-bond acceptors (Lipinski definition) is 4. The first-order valence-electron chi connectivity index (χ1n) is 12.7. The molecule has 4 aromatic rings. The molecule has 38 heavy (non-hydrogen) atoms. The van der Waals surface area contributed by atoms with E-state index in [2.05, 4.69) is 36.4 Å². The zero-order valence-electron chi connectivity index (χ0n) is 21.0. The van der Waals surface area contributed by atoms with Crippen LogP contribution in [0.4, 0.5) is 4.79 Å².